The highest BCUT2D eigenvalue weighted by molar-refractivity contribution is 4.81. The first-order chi connectivity index (χ1) is 7.24. The number of nitrogens with two attached hydrogens (primary N) is 1. The summed E-state index contributed by atoms with van der Waals surface area (Å²) >= 11 is 0. The van der Waals surface area contributed by atoms with Crippen LogP contribution in [0, 0.1) is 11.8 Å². The van der Waals surface area contributed by atoms with Gasteiger partial charge in [0.2, 0.25) is 0 Å². The van der Waals surface area contributed by atoms with Gasteiger partial charge in [-0.3, -0.25) is 0 Å². The lowest BCUT2D eigenvalue weighted by Gasteiger charge is -2.31. The highest BCUT2D eigenvalue weighted by atomic mass is 14.9. The number of hydrogen-bond acceptors (Lipinski definition) is 2. The zero-order chi connectivity index (χ0) is 11.1. The van der Waals surface area contributed by atoms with Gasteiger partial charge in [0.1, 0.15) is 0 Å². The van der Waals surface area contributed by atoms with Gasteiger partial charge >= 0.3 is 0 Å². The minimum absolute atomic E-state index is 0.705. The van der Waals surface area contributed by atoms with E-state index in [0.717, 1.165) is 18.4 Å². The van der Waals surface area contributed by atoms with Crippen molar-refractivity contribution in [1.29, 1.82) is 0 Å². The van der Waals surface area contributed by atoms with Crippen molar-refractivity contribution in [2.75, 3.05) is 13.1 Å². The molecular formula is C13H28N2. The molecule has 2 nitrogen and oxygen atoms in total. The Hall–Kier alpha value is -0.0800. The van der Waals surface area contributed by atoms with Gasteiger partial charge in [-0.05, 0) is 50.6 Å². The third-order valence-corrected chi connectivity index (χ3v) is 3.58. The average Bonchev–Trinajstić information content (AvgIpc) is 2.24. The fourth-order valence-electron chi connectivity index (χ4n) is 2.56. The first-order valence-electron chi connectivity index (χ1n) is 6.67. The van der Waals surface area contributed by atoms with Crippen LogP contribution in [0.3, 0.4) is 0 Å². The van der Waals surface area contributed by atoms with E-state index in [1.165, 1.54) is 45.1 Å². The Morgan fingerprint density at radius 3 is 2.67 bits per heavy atom. The fraction of sp³-hybridized carbons (Fsp3) is 1.00. The maximum absolute atomic E-state index is 5.81. The van der Waals surface area contributed by atoms with Crippen LogP contribution in [0.15, 0.2) is 0 Å². The van der Waals surface area contributed by atoms with Gasteiger partial charge in [0.15, 0.2) is 0 Å². The second-order valence-corrected chi connectivity index (χ2v) is 5.38. The molecule has 2 atom stereocenters. The van der Waals surface area contributed by atoms with Gasteiger partial charge in [0, 0.05) is 6.04 Å². The van der Waals surface area contributed by atoms with E-state index in [4.69, 9.17) is 5.73 Å². The van der Waals surface area contributed by atoms with E-state index in [-0.39, 0.29) is 0 Å². The molecule has 2 heteroatoms. The van der Waals surface area contributed by atoms with Crippen molar-refractivity contribution in [3.63, 3.8) is 0 Å². The van der Waals surface area contributed by atoms with E-state index in [1.807, 2.05) is 0 Å². The normalized spacial score (nSPS) is 27.2. The smallest absolute Gasteiger partial charge is 0.0107 e. The summed E-state index contributed by atoms with van der Waals surface area (Å²) in [4.78, 5) is 0. The van der Waals surface area contributed by atoms with E-state index >= 15 is 0 Å². The van der Waals surface area contributed by atoms with Crippen LogP contribution in [0.25, 0.3) is 0 Å². The minimum Gasteiger partial charge on any atom is -0.330 e. The topological polar surface area (TPSA) is 38.0 Å². The molecule has 0 aromatic heterocycles. The van der Waals surface area contributed by atoms with E-state index < -0.39 is 0 Å². The Balaban J connectivity index is 2.12. The molecule has 1 fully saturated rings. The monoisotopic (exact) mass is 212 g/mol. The molecule has 0 saturated heterocycles. The van der Waals surface area contributed by atoms with Crippen molar-refractivity contribution in [3.8, 4) is 0 Å². The summed E-state index contributed by atoms with van der Waals surface area (Å²) in [5, 5.41) is 3.70. The van der Waals surface area contributed by atoms with E-state index in [1.54, 1.807) is 0 Å². The summed E-state index contributed by atoms with van der Waals surface area (Å²) in [6, 6.07) is 0.705. The zero-order valence-electron chi connectivity index (χ0n) is 10.5. The lowest BCUT2D eigenvalue weighted by molar-refractivity contribution is 0.266. The van der Waals surface area contributed by atoms with Gasteiger partial charge in [-0.15, -0.1) is 0 Å². The van der Waals surface area contributed by atoms with Crippen molar-refractivity contribution in [3.05, 3.63) is 0 Å². The SMILES string of the molecule is CC(C)CCCNC1CCCCC1CN. The quantitative estimate of drug-likeness (QED) is 0.664. The van der Waals surface area contributed by atoms with Gasteiger partial charge in [-0.25, -0.2) is 0 Å². The maximum Gasteiger partial charge on any atom is 0.0107 e. The molecule has 90 valence electrons. The van der Waals surface area contributed by atoms with Crippen LogP contribution in [-0.2, 0) is 0 Å². The van der Waals surface area contributed by atoms with Crippen LogP contribution >= 0.6 is 0 Å². The van der Waals surface area contributed by atoms with Gasteiger partial charge in [0.25, 0.3) is 0 Å². The van der Waals surface area contributed by atoms with Crippen LogP contribution in [0.1, 0.15) is 52.4 Å². The summed E-state index contributed by atoms with van der Waals surface area (Å²) in [5.74, 6) is 1.57. The number of hydrogen-bond donors (Lipinski definition) is 2. The molecule has 2 unspecified atom stereocenters. The molecule has 0 radical (unpaired) electrons. The van der Waals surface area contributed by atoms with E-state index in [9.17, 15) is 0 Å². The highest BCUT2D eigenvalue weighted by Crippen LogP contribution is 2.23. The van der Waals surface area contributed by atoms with Crippen molar-refractivity contribution in [2.45, 2.75) is 58.4 Å². The van der Waals surface area contributed by atoms with Crippen molar-refractivity contribution in [2.24, 2.45) is 17.6 Å². The second-order valence-electron chi connectivity index (χ2n) is 5.38. The molecule has 0 bridgehead atoms. The molecule has 0 aromatic rings. The second kappa shape index (κ2) is 7.24. The average molecular weight is 212 g/mol. The van der Waals surface area contributed by atoms with E-state index in [0.29, 0.717) is 6.04 Å². The third-order valence-electron chi connectivity index (χ3n) is 3.58. The highest BCUT2D eigenvalue weighted by Gasteiger charge is 2.22. The Morgan fingerprint density at radius 2 is 2.00 bits per heavy atom. The maximum atomic E-state index is 5.81. The molecule has 1 aliphatic carbocycles. The van der Waals surface area contributed by atoms with Gasteiger partial charge < -0.3 is 11.1 Å². The van der Waals surface area contributed by atoms with Gasteiger partial charge in [0.05, 0.1) is 0 Å². The molecule has 1 aliphatic rings. The molecule has 0 aliphatic heterocycles. The Bertz CT molecular complexity index is 157. The Morgan fingerprint density at radius 1 is 1.27 bits per heavy atom. The van der Waals surface area contributed by atoms with Crippen molar-refractivity contribution >= 4 is 0 Å². The summed E-state index contributed by atoms with van der Waals surface area (Å²) < 4.78 is 0. The fourth-order valence-corrected chi connectivity index (χ4v) is 2.56. The molecule has 1 rings (SSSR count). The van der Waals surface area contributed by atoms with Gasteiger partial charge in [-0.2, -0.15) is 0 Å². The first-order valence-corrected chi connectivity index (χ1v) is 6.67. The van der Waals surface area contributed by atoms with Crippen LogP contribution in [-0.4, -0.2) is 19.1 Å². The summed E-state index contributed by atoms with van der Waals surface area (Å²) in [6.07, 6.45) is 8.09. The summed E-state index contributed by atoms with van der Waals surface area (Å²) in [7, 11) is 0. The number of rotatable bonds is 6. The molecule has 0 spiro atoms. The molecule has 1 saturated carbocycles. The first kappa shape index (κ1) is 13.0. The Kier molecular flexibility index (Phi) is 6.26. The molecule has 0 heterocycles. The predicted octanol–water partition coefficient (Wildman–Crippen LogP) is 2.53. The molecule has 15 heavy (non-hydrogen) atoms. The van der Waals surface area contributed by atoms with Crippen LogP contribution < -0.4 is 11.1 Å². The van der Waals surface area contributed by atoms with Crippen LogP contribution in [0.2, 0.25) is 0 Å². The van der Waals surface area contributed by atoms with Crippen molar-refractivity contribution < 1.29 is 0 Å². The Labute approximate surface area is 95.0 Å². The van der Waals surface area contributed by atoms with Crippen molar-refractivity contribution in [1.82, 2.24) is 5.32 Å². The lowest BCUT2D eigenvalue weighted by atomic mass is 9.84. The molecule has 0 amide bonds. The van der Waals surface area contributed by atoms with E-state index in [2.05, 4.69) is 19.2 Å². The standard InChI is InChI=1S/C13H28N2/c1-11(2)6-5-9-15-13-8-4-3-7-12(13)10-14/h11-13,15H,3-10,14H2,1-2H3. The van der Waals surface area contributed by atoms with Gasteiger partial charge in [-0.1, -0.05) is 26.7 Å². The molecular weight excluding hydrogens is 184 g/mol. The lowest BCUT2D eigenvalue weighted by Crippen LogP contribution is -2.42. The van der Waals surface area contributed by atoms with Crippen LogP contribution in [0.5, 0.6) is 0 Å². The molecule has 3 N–H and O–H groups in total. The summed E-state index contributed by atoms with van der Waals surface area (Å²) in [6.45, 7) is 6.63. The largest absolute Gasteiger partial charge is 0.330 e. The minimum atomic E-state index is 0.705. The molecule has 0 aromatic carbocycles. The summed E-state index contributed by atoms with van der Waals surface area (Å²) in [5.41, 5.74) is 5.81. The number of nitrogens with one attached hydrogen (secondary N) is 1. The zero-order valence-corrected chi connectivity index (χ0v) is 10.5. The predicted molar refractivity (Wildman–Crippen MR) is 66.9 cm³/mol. The third kappa shape index (κ3) is 4.98. The van der Waals surface area contributed by atoms with Crippen LogP contribution in [0.4, 0.5) is 0 Å².